The van der Waals surface area contributed by atoms with Gasteiger partial charge in [0.05, 0.1) is 5.60 Å². The third-order valence-corrected chi connectivity index (χ3v) is 4.70. The molecule has 2 rings (SSSR count). The summed E-state index contributed by atoms with van der Waals surface area (Å²) in [5, 5.41) is 3.63. The topological polar surface area (TPSA) is 21.3 Å². The average Bonchev–Trinajstić information content (AvgIpc) is 2.86. The molecule has 0 aliphatic carbocycles. The number of benzene rings is 1. The number of rotatable bonds is 5. The molecule has 2 heteroatoms. The van der Waals surface area contributed by atoms with E-state index < -0.39 is 0 Å². The van der Waals surface area contributed by atoms with Crippen molar-refractivity contribution >= 4 is 0 Å². The van der Waals surface area contributed by atoms with Crippen molar-refractivity contribution < 1.29 is 4.74 Å². The molecule has 1 heterocycles. The summed E-state index contributed by atoms with van der Waals surface area (Å²) in [5.41, 5.74) is 3.00. The van der Waals surface area contributed by atoms with Gasteiger partial charge in [0.15, 0.2) is 0 Å². The Bertz CT molecular complexity index is 438. The highest BCUT2D eigenvalue weighted by molar-refractivity contribution is 5.28. The summed E-state index contributed by atoms with van der Waals surface area (Å²) in [5.74, 6) is 0. The standard InChI is InChI=1S/C19H31NO/c1-6-20-17(19(5)12-7-13-21-19)14-15-8-10-16(11-9-15)18(2,3)4/h8-11,17,20H,6-7,12-14H2,1-5H3. The van der Waals surface area contributed by atoms with Crippen molar-refractivity contribution in [3.05, 3.63) is 35.4 Å². The zero-order valence-corrected chi connectivity index (χ0v) is 14.3. The van der Waals surface area contributed by atoms with Gasteiger partial charge in [0, 0.05) is 12.6 Å². The Kier molecular flexibility index (Phi) is 5.11. The largest absolute Gasteiger partial charge is 0.374 e. The highest BCUT2D eigenvalue weighted by Crippen LogP contribution is 2.31. The Hall–Kier alpha value is -0.860. The summed E-state index contributed by atoms with van der Waals surface area (Å²) in [6.07, 6.45) is 3.38. The van der Waals surface area contributed by atoms with E-state index in [4.69, 9.17) is 4.74 Å². The van der Waals surface area contributed by atoms with Crippen LogP contribution in [0, 0.1) is 0 Å². The second-order valence-electron chi connectivity index (χ2n) is 7.53. The summed E-state index contributed by atoms with van der Waals surface area (Å²) in [6, 6.07) is 9.50. The van der Waals surface area contributed by atoms with Gasteiger partial charge in [-0.2, -0.15) is 0 Å². The lowest BCUT2D eigenvalue weighted by atomic mass is 9.84. The second kappa shape index (κ2) is 6.50. The van der Waals surface area contributed by atoms with E-state index in [1.807, 2.05) is 0 Å². The van der Waals surface area contributed by atoms with E-state index in [2.05, 4.69) is 64.2 Å². The Balaban J connectivity index is 2.10. The first-order valence-electron chi connectivity index (χ1n) is 8.32. The van der Waals surface area contributed by atoms with Gasteiger partial charge in [0.25, 0.3) is 0 Å². The summed E-state index contributed by atoms with van der Waals surface area (Å²) in [6.45, 7) is 13.1. The zero-order chi connectivity index (χ0) is 15.5. The summed E-state index contributed by atoms with van der Waals surface area (Å²) in [7, 11) is 0. The van der Waals surface area contributed by atoms with Crippen molar-refractivity contribution in [3.63, 3.8) is 0 Å². The molecular weight excluding hydrogens is 258 g/mol. The van der Waals surface area contributed by atoms with Crippen LogP contribution in [0.3, 0.4) is 0 Å². The first-order chi connectivity index (χ1) is 9.85. The van der Waals surface area contributed by atoms with Crippen LogP contribution in [0.15, 0.2) is 24.3 Å². The van der Waals surface area contributed by atoms with E-state index in [0.717, 1.165) is 26.0 Å². The van der Waals surface area contributed by atoms with Gasteiger partial charge in [-0.15, -0.1) is 0 Å². The molecule has 118 valence electrons. The fourth-order valence-corrected chi connectivity index (χ4v) is 3.20. The maximum Gasteiger partial charge on any atom is 0.0810 e. The molecule has 21 heavy (non-hydrogen) atoms. The Labute approximate surface area is 130 Å². The van der Waals surface area contributed by atoms with Gasteiger partial charge in [-0.25, -0.2) is 0 Å². The van der Waals surface area contributed by atoms with Crippen molar-refractivity contribution in [3.8, 4) is 0 Å². The molecule has 0 spiro atoms. The highest BCUT2D eigenvalue weighted by atomic mass is 16.5. The fourth-order valence-electron chi connectivity index (χ4n) is 3.20. The Morgan fingerprint density at radius 2 is 1.90 bits per heavy atom. The van der Waals surface area contributed by atoms with Crippen LogP contribution in [-0.4, -0.2) is 24.8 Å². The first kappa shape index (κ1) is 16.5. The number of ether oxygens (including phenoxy) is 1. The highest BCUT2D eigenvalue weighted by Gasteiger charge is 2.37. The Morgan fingerprint density at radius 3 is 2.38 bits per heavy atom. The predicted octanol–water partition coefficient (Wildman–Crippen LogP) is 4.07. The molecule has 1 saturated heterocycles. The van der Waals surface area contributed by atoms with Crippen LogP contribution in [0.4, 0.5) is 0 Å². The lowest BCUT2D eigenvalue weighted by Crippen LogP contribution is -2.49. The van der Waals surface area contributed by atoms with Crippen LogP contribution in [0.1, 0.15) is 58.6 Å². The molecule has 1 aliphatic heterocycles. The molecule has 1 aliphatic rings. The van der Waals surface area contributed by atoms with Crippen LogP contribution in [0.5, 0.6) is 0 Å². The Morgan fingerprint density at radius 1 is 1.24 bits per heavy atom. The minimum absolute atomic E-state index is 0.0152. The van der Waals surface area contributed by atoms with Gasteiger partial charge >= 0.3 is 0 Å². The molecular formula is C19H31NO. The summed E-state index contributed by atoms with van der Waals surface area (Å²) < 4.78 is 6.04. The molecule has 0 saturated carbocycles. The van der Waals surface area contributed by atoms with Gasteiger partial charge < -0.3 is 10.1 Å². The zero-order valence-electron chi connectivity index (χ0n) is 14.3. The van der Waals surface area contributed by atoms with Crippen molar-refractivity contribution in [2.45, 2.75) is 70.9 Å². The van der Waals surface area contributed by atoms with Crippen LogP contribution >= 0.6 is 0 Å². The van der Waals surface area contributed by atoms with E-state index in [0.29, 0.717) is 6.04 Å². The van der Waals surface area contributed by atoms with E-state index in [1.54, 1.807) is 0 Å². The van der Waals surface area contributed by atoms with Crippen LogP contribution in [-0.2, 0) is 16.6 Å². The molecule has 1 N–H and O–H groups in total. The first-order valence-corrected chi connectivity index (χ1v) is 8.32. The van der Waals surface area contributed by atoms with Gasteiger partial charge in [0.1, 0.15) is 0 Å². The molecule has 0 amide bonds. The molecule has 1 fully saturated rings. The normalized spacial score (nSPS) is 24.2. The van der Waals surface area contributed by atoms with E-state index in [1.165, 1.54) is 17.5 Å². The molecule has 0 aromatic heterocycles. The molecule has 2 unspecified atom stereocenters. The number of likely N-dealkylation sites (N-methyl/N-ethyl adjacent to an activating group) is 1. The van der Waals surface area contributed by atoms with Gasteiger partial charge in [-0.1, -0.05) is 52.0 Å². The minimum Gasteiger partial charge on any atom is -0.374 e. The van der Waals surface area contributed by atoms with Crippen LogP contribution in [0.25, 0.3) is 0 Å². The van der Waals surface area contributed by atoms with E-state index in [9.17, 15) is 0 Å². The molecule has 0 radical (unpaired) electrons. The fraction of sp³-hybridized carbons (Fsp3) is 0.684. The van der Waals surface area contributed by atoms with Crippen LogP contribution in [0.2, 0.25) is 0 Å². The molecule has 2 atom stereocenters. The minimum atomic E-state index is -0.0152. The average molecular weight is 289 g/mol. The summed E-state index contributed by atoms with van der Waals surface area (Å²) >= 11 is 0. The third-order valence-electron chi connectivity index (χ3n) is 4.70. The third kappa shape index (κ3) is 4.08. The number of hydrogen-bond donors (Lipinski definition) is 1. The van der Waals surface area contributed by atoms with Crippen molar-refractivity contribution in [1.82, 2.24) is 5.32 Å². The maximum atomic E-state index is 6.04. The number of hydrogen-bond acceptors (Lipinski definition) is 2. The smallest absolute Gasteiger partial charge is 0.0810 e. The van der Waals surface area contributed by atoms with Gasteiger partial charge in [0.2, 0.25) is 0 Å². The van der Waals surface area contributed by atoms with Crippen LogP contribution < -0.4 is 5.32 Å². The monoisotopic (exact) mass is 289 g/mol. The predicted molar refractivity (Wildman–Crippen MR) is 89.9 cm³/mol. The lowest BCUT2D eigenvalue weighted by molar-refractivity contribution is -0.0110. The molecule has 0 bridgehead atoms. The van der Waals surface area contributed by atoms with Crippen molar-refractivity contribution in [2.75, 3.05) is 13.2 Å². The van der Waals surface area contributed by atoms with E-state index >= 15 is 0 Å². The SMILES string of the molecule is CCNC(Cc1ccc(C(C)(C)C)cc1)C1(C)CCCO1. The number of nitrogens with one attached hydrogen (secondary N) is 1. The van der Waals surface area contributed by atoms with Gasteiger partial charge in [-0.3, -0.25) is 0 Å². The second-order valence-corrected chi connectivity index (χ2v) is 7.53. The summed E-state index contributed by atoms with van der Waals surface area (Å²) in [4.78, 5) is 0. The molecule has 2 nitrogen and oxygen atoms in total. The lowest BCUT2D eigenvalue weighted by Gasteiger charge is -2.34. The van der Waals surface area contributed by atoms with Gasteiger partial charge in [-0.05, 0) is 49.3 Å². The maximum absolute atomic E-state index is 6.04. The quantitative estimate of drug-likeness (QED) is 0.882. The van der Waals surface area contributed by atoms with E-state index in [-0.39, 0.29) is 11.0 Å². The van der Waals surface area contributed by atoms with Crippen molar-refractivity contribution in [2.24, 2.45) is 0 Å². The molecule has 1 aromatic carbocycles. The van der Waals surface area contributed by atoms with Crippen molar-refractivity contribution in [1.29, 1.82) is 0 Å². The molecule has 1 aromatic rings.